The molecule has 0 aliphatic heterocycles. The number of nitrogens with zero attached hydrogens (tertiary/aromatic N) is 1. The molecule has 0 aromatic heterocycles. The first-order chi connectivity index (χ1) is 10.2. The summed E-state index contributed by atoms with van der Waals surface area (Å²) in [4.78, 5) is 25.2. The molecule has 0 aliphatic rings. The van der Waals surface area contributed by atoms with Crippen molar-refractivity contribution in [3.8, 4) is 0 Å². The molecule has 0 heterocycles. The van der Waals surface area contributed by atoms with Crippen LogP contribution in [-0.2, 0) is 16.0 Å². The fourth-order valence-corrected chi connectivity index (χ4v) is 2.19. The molecule has 0 radical (unpaired) electrons. The molecule has 22 heavy (non-hydrogen) atoms. The maximum atomic E-state index is 11.8. The van der Waals surface area contributed by atoms with Crippen LogP contribution in [0, 0.1) is 0 Å². The zero-order chi connectivity index (χ0) is 16.8. The Hall–Kier alpha value is -1.55. The summed E-state index contributed by atoms with van der Waals surface area (Å²) >= 11 is 5.85. The number of halogens is 1. The second kappa shape index (κ2) is 8.18. The van der Waals surface area contributed by atoms with Gasteiger partial charge in [-0.25, -0.2) is 0 Å². The summed E-state index contributed by atoms with van der Waals surface area (Å²) in [6.45, 7) is 8.38. The lowest BCUT2D eigenvalue weighted by Gasteiger charge is -2.24. The van der Waals surface area contributed by atoms with Gasteiger partial charge in [-0.1, -0.05) is 23.7 Å². The van der Waals surface area contributed by atoms with Crippen LogP contribution >= 0.6 is 11.6 Å². The molecule has 0 fully saturated rings. The molecular weight excluding hydrogens is 300 g/mol. The summed E-state index contributed by atoms with van der Waals surface area (Å²) in [6.07, 6.45) is 1.06. The van der Waals surface area contributed by atoms with Gasteiger partial charge in [0.05, 0.1) is 0 Å². The third kappa shape index (κ3) is 7.46. The first-order valence-corrected chi connectivity index (χ1v) is 7.86. The highest BCUT2D eigenvalue weighted by molar-refractivity contribution is 6.30. The van der Waals surface area contributed by atoms with Gasteiger partial charge < -0.3 is 10.2 Å². The molecule has 0 saturated heterocycles. The van der Waals surface area contributed by atoms with Gasteiger partial charge in [0.15, 0.2) is 0 Å². The number of amides is 2. The lowest BCUT2D eigenvalue weighted by atomic mass is 10.1. The highest BCUT2D eigenvalue weighted by Gasteiger charge is 2.16. The fourth-order valence-electron chi connectivity index (χ4n) is 2.06. The van der Waals surface area contributed by atoms with Crippen molar-refractivity contribution in [2.24, 2.45) is 0 Å². The number of carbonyl (C=O) groups is 2. The number of rotatable bonds is 6. The third-order valence-corrected chi connectivity index (χ3v) is 3.40. The summed E-state index contributed by atoms with van der Waals surface area (Å²) in [6, 6.07) is 7.58. The van der Waals surface area contributed by atoms with Crippen LogP contribution in [0.4, 0.5) is 0 Å². The number of carbonyl (C=O) groups excluding carboxylic acids is 2. The van der Waals surface area contributed by atoms with E-state index in [1.807, 2.05) is 45.0 Å². The lowest BCUT2D eigenvalue weighted by molar-refractivity contribution is -0.129. The molecule has 1 rings (SSSR count). The van der Waals surface area contributed by atoms with E-state index in [0.29, 0.717) is 24.5 Å². The Morgan fingerprint density at radius 1 is 1.14 bits per heavy atom. The first-order valence-electron chi connectivity index (χ1n) is 7.48. The Morgan fingerprint density at radius 2 is 1.73 bits per heavy atom. The van der Waals surface area contributed by atoms with Crippen molar-refractivity contribution >= 4 is 23.4 Å². The van der Waals surface area contributed by atoms with Gasteiger partial charge in [0.1, 0.15) is 0 Å². The molecule has 5 heteroatoms. The third-order valence-electron chi connectivity index (χ3n) is 3.15. The van der Waals surface area contributed by atoms with Crippen molar-refractivity contribution in [1.29, 1.82) is 0 Å². The van der Waals surface area contributed by atoms with Gasteiger partial charge in [0.25, 0.3) is 0 Å². The van der Waals surface area contributed by atoms with Crippen LogP contribution in [0.15, 0.2) is 24.3 Å². The van der Waals surface area contributed by atoms with Crippen LogP contribution < -0.4 is 5.32 Å². The predicted molar refractivity (Wildman–Crippen MR) is 89.9 cm³/mol. The van der Waals surface area contributed by atoms with Gasteiger partial charge in [0, 0.05) is 37.0 Å². The van der Waals surface area contributed by atoms with Gasteiger partial charge >= 0.3 is 0 Å². The molecule has 122 valence electrons. The molecular formula is C17H25ClN2O2. The number of hydrogen-bond donors (Lipinski definition) is 1. The molecule has 0 unspecified atom stereocenters. The van der Waals surface area contributed by atoms with Crippen LogP contribution in [0.5, 0.6) is 0 Å². The molecule has 0 bridgehead atoms. The maximum absolute atomic E-state index is 11.8. The minimum atomic E-state index is -0.249. The van der Waals surface area contributed by atoms with Crippen LogP contribution in [0.2, 0.25) is 5.02 Å². The van der Waals surface area contributed by atoms with E-state index in [9.17, 15) is 9.59 Å². The summed E-state index contributed by atoms with van der Waals surface area (Å²) < 4.78 is 0. The zero-order valence-corrected chi connectivity index (χ0v) is 14.5. The van der Waals surface area contributed by atoms with E-state index in [1.165, 1.54) is 6.92 Å². The lowest BCUT2D eigenvalue weighted by Crippen LogP contribution is -2.42. The van der Waals surface area contributed by atoms with Crippen molar-refractivity contribution in [3.63, 3.8) is 0 Å². The van der Waals surface area contributed by atoms with Crippen LogP contribution in [0.25, 0.3) is 0 Å². The van der Waals surface area contributed by atoms with E-state index in [2.05, 4.69) is 5.32 Å². The standard InChI is InChI=1S/C17H25ClN2O2/c1-13(21)20(12-10-16(22)19-17(2,3)4)11-9-14-5-7-15(18)8-6-14/h5-8H,9-12H2,1-4H3,(H,19,22). The van der Waals surface area contributed by atoms with Gasteiger partial charge in [-0.05, 0) is 44.9 Å². The Morgan fingerprint density at radius 3 is 2.23 bits per heavy atom. The van der Waals surface area contributed by atoms with Crippen LogP contribution in [0.1, 0.15) is 39.7 Å². The van der Waals surface area contributed by atoms with Crippen molar-refractivity contribution in [2.75, 3.05) is 13.1 Å². The normalized spacial score (nSPS) is 11.1. The molecule has 0 atom stereocenters. The average Bonchev–Trinajstić information content (AvgIpc) is 2.38. The second-order valence-corrected chi connectivity index (χ2v) is 6.87. The van der Waals surface area contributed by atoms with E-state index >= 15 is 0 Å². The minimum absolute atomic E-state index is 0.0162. The number of nitrogens with one attached hydrogen (secondary N) is 1. The fraction of sp³-hybridized carbons (Fsp3) is 0.529. The Bertz CT molecular complexity index is 506. The van der Waals surface area contributed by atoms with Crippen molar-refractivity contribution in [2.45, 2.75) is 46.1 Å². The van der Waals surface area contributed by atoms with Crippen molar-refractivity contribution in [3.05, 3.63) is 34.9 Å². The van der Waals surface area contributed by atoms with Crippen molar-refractivity contribution < 1.29 is 9.59 Å². The largest absolute Gasteiger partial charge is 0.351 e. The van der Waals surface area contributed by atoms with Crippen molar-refractivity contribution in [1.82, 2.24) is 10.2 Å². The molecule has 0 saturated carbocycles. The summed E-state index contributed by atoms with van der Waals surface area (Å²) in [5.41, 5.74) is 0.872. The van der Waals surface area contributed by atoms with E-state index < -0.39 is 0 Å². The zero-order valence-electron chi connectivity index (χ0n) is 13.8. The second-order valence-electron chi connectivity index (χ2n) is 6.43. The number of hydrogen-bond acceptors (Lipinski definition) is 2. The minimum Gasteiger partial charge on any atom is -0.351 e. The quantitative estimate of drug-likeness (QED) is 0.874. The smallest absolute Gasteiger partial charge is 0.222 e. The molecule has 0 spiro atoms. The topological polar surface area (TPSA) is 49.4 Å². The van der Waals surface area contributed by atoms with Gasteiger partial charge in [-0.15, -0.1) is 0 Å². The summed E-state index contributed by atoms with van der Waals surface area (Å²) in [5.74, 6) is -0.0530. The maximum Gasteiger partial charge on any atom is 0.222 e. The summed E-state index contributed by atoms with van der Waals surface area (Å²) in [5, 5.41) is 3.60. The van der Waals surface area contributed by atoms with Gasteiger partial charge in [0.2, 0.25) is 11.8 Å². The predicted octanol–water partition coefficient (Wildman–Crippen LogP) is 3.04. The molecule has 1 N–H and O–H groups in total. The van der Waals surface area contributed by atoms with Gasteiger partial charge in [-0.3, -0.25) is 9.59 Å². The Labute approximate surface area is 137 Å². The molecule has 1 aromatic carbocycles. The SMILES string of the molecule is CC(=O)N(CCC(=O)NC(C)(C)C)CCc1ccc(Cl)cc1. The highest BCUT2D eigenvalue weighted by Crippen LogP contribution is 2.10. The molecule has 2 amide bonds. The number of benzene rings is 1. The Kier molecular flexibility index (Phi) is 6.88. The van der Waals surface area contributed by atoms with Crippen LogP contribution in [-0.4, -0.2) is 35.3 Å². The molecule has 0 aliphatic carbocycles. The van der Waals surface area contributed by atoms with E-state index in [4.69, 9.17) is 11.6 Å². The van der Waals surface area contributed by atoms with E-state index in [-0.39, 0.29) is 17.4 Å². The molecule has 4 nitrogen and oxygen atoms in total. The molecule has 1 aromatic rings. The highest BCUT2D eigenvalue weighted by atomic mass is 35.5. The van der Waals surface area contributed by atoms with E-state index in [1.54, 1.807) is 4.90 Å². The van der Waals surface area contributed by atoms with E-state index in [0.717, 1.165) is 12.0 Å². The monoisotopic (exact) mass is 324 g/mol. The van der Waals surface area contributed by atoms with Crippen LogP contribution in [0.3, 0.4) is 0 Å². The first kappa shape index (κ1) is 18.5. The summed E-state index contributed by atoms with van der Waals surface area (Å²) in [7, 11) is 0. The Balaban J connectivity index is 2.47. The van der Waals surface area contributed by atoms with Gasteiger partial charge in [-0.2, -0.15) is 0 Å². The average molecular weight is 325 g/mol.